The van der Waals surface area contributed by atoms with Crippen LogP contribution >= 0.6 is 11.8 Å². The van der Waals surface area contributed by atoms with Gasteiger partial charge in [0, 0.05) is 18.8 Å². The number of esters is 1. The summed E-state index contributed by atoms with van der Waals surface area (Å²) in [6.07, 6.45) is 0. The Bertz CT molecular complexity index is 806. The highest BCUT2D eigenvalue weighted by molar-refractivity contribution is 8.01. The van der Waals surface area contributed by atoms with Gasteiger partial charge in [-0.25, -0.2) is 8.42 Å². The third-order valence-corrected chi connectivity index (χ3v) is 7.33. The van der Waals surface area contributed by atoms with Crippen molar-refractivity contribution in [3.05, 3.63) is 23.8 Å². The number of nitrogens with one attached hydrogen (secondary N) is 1. The average molecular weight is 431 g/mol. The van der Waals surface area contributed by atoms with Crippen molar-refractivity contribution in [1.29, 1.82) is 0 Å². The van der Waals surface area contributed by atoms with E-state index in [1.807, 2.05) is 0 Å². The number of hydrogen-bond donors (Lipinski definition) is 1. The van der Waals surface area contributed by atoms with Crippen LogP contribution in [-0.2, 0) is 29.1 Å². The smallest absolute Gasteiger partial charge is 0.315 e. The van der Waals surface area contributed by atoms with Crippen molar-refractivity contribution in [2.45, 2.75) is 30.9 Å². The lowest BCUT2D eigenvalue weighted by molar-refractivity contribution is -0.139. The van der Waals surface area contributed by atoms with Crippen molar-refractivity contribution in [3.8, 4) is 0 Å². The van der Waals surface area contributed by atoms with Crippen LogP contribution in [0.15, 0.2) is 23.1 Å². The quantitative estimate of drug-likeness (QED) is 0.626. The first-order valence-corrected chi connectivity index (χ1v) is 11.5. The van der Waals surface area contributed by atoms with Crippen molar-refractivity contribution in [2.75, 3.05) is 44.0 Å². The van der Waals surface area contributed by atoms with E-state index in [1.54, 1.807) is 32.9 Å². The molecule has 8 nitrogen and oxygen atoms in total. The van der Waals surface area contributed by atoms with E-state index in [0.717, 1.165) is 11.8 Å². The SMILES string of the molecule is CCOC(=O)CS[C@H](C)C(=O)Nc1ccc(C)c(S(=O)(=O)N2CCOCC2)c1. The van der Waals surface area contributed by atoms with Gasteiger partial charge in [-0.2, -0.15) is 4.31 Å². The molecule has 0 aromatic heterocycles. The number of hydrogen-bond acceptors (Lipinski definition) is 7. The van der Waals surface area contributed by atoms with Gasteiger partial charge >= 0.3 is 5.97 Å². The van der Waals surface area contributed by atoms with Gasteiger partial charge in [-0.3, -0.25) is 9.59 Å². The monoisotopic (exact) mass is 430 g/mol. The highest BCUT2D eigenvalue weighted by atomic mass is 32.2. The fraction of sp³-hybridized carbons (Fsp3) is 0.556. The lowest BCUT2D eigenvalue weighted by Gasteiger charge is -2.27. The summed E-state index contributed by atoms with van der Waals surface area (Å²) in [6.45, 7) is 6.76. The van der Waals surface area contributed by atoms with Crippen molar-refractivity contribution >= 4 is 39.3 Å². The zero-order chi connectivity index (χ0) is 20.7. The van der Waals surface area contributed by atoms with Crippen molar-refractivity contribution < 1.29 is 27.5 Å². The number of anilines is 1. The molecular weight excluding hydrogens is 404 g/mol. The summed E-state index contributed by atoms with van der Waals surface area (Å²) in [6, 6.07) is 4.80. The fourth-order valence-electron chi connectivity index (χ4n) is 2.60. The Kier molecular flexibility index (Phi) is 8.29. The summed E-state index contributed by atoms with van der Waals surface area (Å²) in [4.78, 5) is 24.0. The topological polar surface area (TPSA) is 102 Å². The predicted molar refractivity (Wildman–Crippen MR) is 108 cm³/mol. The summed E-state index contributed by atoms with van der Waals surface area (Å²) in [5, 5.41) is 2.23. The third-order valence-electron chi connectivity index (χ3n) is 4.17. The maximum absolute atomic E-state index is 12.9. The van der Waals surface area contributed by atoms with E-state index in [0.29, 0.717) is 44.2 Å². The van der Waals surface area contributed by atoms with Gasteiger partial charge in [0.15, 0.2) is 0 Å². The number of carbonyl (C=O) groups is 2. The Morgan fingerprint density at radius 2 is 2.00 bits per heavy atom. The van der Waals surface area contributed by atoms with Crippen LogP contribution in [0.4, 0.5) is 5.69 Å². The molecule has 10 heteroatoms. The molecule has 28 heavy (non-hydrogen) atoms. The first-order valence-electron chi connectivity index (χ1n) is 9.02. The minimum atomic E-state index is -3.66. The molecule has 0 aliphatic carbocycles. The fourth-order valence-corrected chi connectivity index (χ4v) is 4.94. The van der Waals surface area contributed by atoms with E-state index in [4.69, 9.17) is 9.47 Å². The van der Waals surface area contributed by atoms with Gasteiger partial charge in [0.05, 0.1) is 35.7 Å². The van der Waals surface area contributed by atoms with Gasteiger partial charge in [-0.15, -0.1) is 11.8 Å². The zero-order valence-corrected chi connectivity index (χ0v) is 17.9. The third kappa shape index (κ3) is 5.94. The second kappa shape index (κ2) is 10.2. The molecule has 2 rings (SSSR count). The Balaban J connectivity index is 2.08. The van der Waals surface area contributed by atoms with Gasteiger partial charge in [0.1, 0.15) is 0 Å². The van der Waals surface area contributed by atoms with Crippen LogP contribution in [0.3, 0.4) is 0 Å². The largest absolute Gasteiger partial charge is 0.465 e. The predicted octanol–water partition coefficient (Wildman–Crippen LogP) is 1.64. The standard InChI is InChI=1S/C18H26N2O6S2/c1-4-26-17(21)12-27-14(3)18(22)19-15-6-5-13(2)16(11-15)28(23,24)20-7-9-25-10-8-20/h5-6,11,14H,4,7-10,12H2,1-3H3,(H,19,22)/t14-/m1/s1. The van der Waals surface area contributed by atoms with E-state index in [-0.39, 0.29) is 22.5 Å². The molecule has 0 saturated carbocycles. The van der Waals surface area contributed by atoms with E-state index in [1.165, 1.54) is 10.4 Å². The zero-order valence-electron chi connectivity index (χ0n) is 16.3. The molecule has 1 saturated heterocycles. The maximum atomic E-state index is 12.9. The van der Waals surface area contributed by atoms with Gasteiger partial charge in [0.2, 0.25) is 15.9 Å². The molecule has 1 aromatic carbocycles. The first-order chi connectivity index (χ1) is 13.3. The van der Waals surface area contributed by atoms with Crippen molar-refractivity contribution in [1.82, 2.24) is 4.31 Å². The first kappa shape index (κ1) is 22.7. The minimum Gasteiger partial charge on any atom is -0.465 e. The Morgan fingerprint density at radius 1 is 1.32 bits per heavy atom. The number of amides is 1. The molecule has 1 heterocycles. The molecule has 0 bridgehead atoms. The number of rotatable bonds is 8. The van der Waals surface area contributed by atoms with Crippen molar-refractivity contribution in [2.24, 2.45) is 0 Å². The second-order valence-electron chi connectivity index (χ2n) is 6.24. The highest BCUT2D eigenvalue weighted by Crippen LogP contribution is 2.25. The molecule has 1 aliphatic rings. The Morgan fingerprint density at radius 3 is 2.64 bits per heavy atom. The molecule has 156 valence electrons. The van der Waals surface area contributed by atoms with Crippen LogP contribution in [-0.4, -0.2) is 68.5 Å². The van der Waals surface area contributed by atoms with Crippen LogP contribution in [0.25, 0.3) is 0 Å². The second-order valence-corrected chi connectivity index (χ2v) is 9.48. The number of carbonyl (C=O) groups excluding carboxylic acids is 2. The molecule has 1 amide bonds. The van der Waals surface area contributed by atoms with Crippen LogP contribution in [0.5, 0.6) is 0 Å². The van der Waals surface area contributed by atoms with Gasteiger partial charge in [-0.05, 0) is 38.5 Å². The van der Waals surface area contributed by atoms with E-state index >= 15 is 0 Å². The molecular formula is C18H26N2O6S2. The van der Waals surface area contributed by atoms with Crippen LogP contribution < -0.4 is 5.32 Å². The molecule has 0 radical (unpaired) electrons. The normalized spacial score (nSPS) is 16.4. The molecule has 1 aromatic rings. The van der Waals surface area contributed by atoms with Crippen LogP contribution in [0.2, 0.25) is 0 Å². The van der Waals surface area contributed by atoms with Crippen molar-refractivity contribution in [3.63, 3.8) is 0 Å². The van der Waals surface area contributed by atoms with E-state index in [2.05, 4.69) is 5.32 Å². The number of sulfonamides is 1. The summed E-state index contributed by atoms with van der Waals surface area (Å²) in [7, 11) is -3.66. The summed E-state index contributed by atoms with van der Waals surface area (Å²) < 4.78 is 37.3. The van der Waals surface area contributed by atoms with Crippen LogP contribution in [0, 0.1) is 6.92 Å². The molecule has 1 N–H and O–H groups in total. The molecule has 1 aliphatic heterocycles. The summed E-state index contributed by atoms with van der Waals surface area (Å²) >= 11 is 1.16. The van der Waals surface area contributed by atoms with Crippen LogP contribution in [0.1, 0.15) is 19.4 Å². The Labute approximate surface area is 170 Å². The van der Waals surface area contributed by atoms with Gasteiger partial charge in [-0.1, -0.05) is 6.07 Å². The minimum absolute atomic E-state index is 0.0764. The highest BCUT2D eigenvalue weighted by Gasteiger charge is 2.28. The lowest BCUT2D eigenvalue weighted by Crippen LogP contribution is -2.40. The average Bonchev–Trinajstić information content (AvgIpc) is 2.68. The van der Waals surface area contributed by atoms with E-state index < -0.39 is 15.3 Å². The number of ether oxygens (including phenoxy) is 2. The number of aryl methyl sites for hydroxylation is 1. The number of nitrogens with zero attached hydrogens (tertiary/aromatic N) is 1. The summed E-state index contributed by atoms with van der Waals surface area (Å²) in [5.41, 5.74) is 1.00. The maximum Gasteiger partial charge on any atom is 0.315 e. The van der Waals surface area contributed by atoms with Gasteiger partial charge in [0.25, 0.3) is 0 Å². The Hall–Kier alpha value is -1.62. The van der Waals surface area contributed by atoms with Gasteiger partial charge < -0.3 is 14.8 Å². The number of morpholine rings is 1. The number of benzene rings is 1. The molecule has 1 atom stereocenters. The molecule has 0 spiro atoms. The number of thioether (sulfide) groups is 1. The molecule has 1 fully saturated rings. The lowest BCUT2D eigenvalue weighted by atomic mass is 10.2. The summed E-state index contributed by atoms with van der Waals surface area (Å²) in [5.74, 6) is -0.610. The van der Waals surface area contributed by atoms with E-state index in [9.17, 15) is 18.0 Å². The molecule has 0 unspecified atom stereocenters.